The largest absolute Gasteiger partial charge is 0.353 e. The second-order valence-electron chi connectivity index (χ2n) is 6.36. The van der Waals surface area contributed by atoms with Crippen LogP contribution in [-0.4, -0.2) is 53.1 Å². The van der Waals surface area contributed by atoms with Gasteiger partial charge >= 0.3 is 6.03 Å². The van der Waals surface area contributed by atoms with Crippen LogP contribution in [0.25, 0.3) is 11.3 Å². The van der Waals surface area contributed by atoms with Gasteiger partial charge in [-0.2, -0.15) is 0 Å². The van der Waals surface area contributed by atoms with Crippen molar-refractivity contribution in [3.05, 3.63) is 42.7 Å². The number of carbonyl (C=O) groups excluding carboxylic acids is 1. The average molecular weight is 339 g/mol. The molecule has 3 rings (SSSR count). The van der Waals surface area contributed by atoms with Crippen molar-refractivity contribution >= 4 is 11.8 Å². The second kappa shape index (κ2) is 7.96. The summed E-state index contributed by atoms with van der Waals surface area (Å²) in [5.74, 6) is 0.913. The number of amides is 2. The number of aromatic nitrogens is 2. The van der Waals surface area contributed by atoms with Crippen LogP contribution in [0.1, 0.15) is 20.3 Å². The summed E-state index contributed by atoms with van der Waals surface area (Å²) in [6.07, 6.45) is 2.55. The maximum absolute atomic E-state index is 12.2. The number of piperazine rings is 1. The smallest absolute Gasteiger partial charge is 0.317 e. The van der Waals surface area contributed by atoms with E-state index in [0.29, 0.717) is 13.1 Å². The third-order valence-corrected chi connectivity index (χ3v) is 4.60. The van der Waals surface area contributed by atoms with Crippen molar-refractivity contribution < 1.29 is 4.79 Å². The molecule has 1 aromatic carbocycles. The van der Waals surface area contributed by atoms with Crippen LogP contribution in [0, 0.1) is 0 Å². The molecule has 6 heteroatoms. The van der Waals surface area contributed by atoms with Crippen molar-refractivity contribution in [3.8, 4) is 11.3 Å². The van der Waals surface area contributed by atoms with Crippen molar-refractivity contribution in [2.24, 2.45) is 0 Å². The van der Waals surface area contributed by atoms with E-state index in [-0.39, 0.29) is 12.1 Å². The number of hydrogen-bond donors (Lipinski definition) is 1. The van der Waals surface area contributed by atoms with Crippen LogP contribution in [0.3, 0.4) is 0 Å². The molecule has 1 fully saturated rings. The first-order chi connectivity index (χ1) is 12.2. The van der Waals surface area contributed by atoms with Crippen LogP contribution in [0.5, 0.6) is 0 Å². The summed E-state index contributed by atoms with van der Waals surface area (Å²) in [5.41, 5.74) is 2.00. The lowest BCUT2D eigenvalue weighted by Gasteiger charge is -2.35. The molecule has 0 saturated carbocycles. The number of hydrogen-bond acceptors (Lipinski definition) is 4. The van der Waals surface area contributed by atoms with Gasteiger partial charge in [0.05, 0.1) is 5.69 Å². The zero-order chi connectivity index (χ0) is 17.6. The van der Waals surface area contributed by atoms with Crippen LogP contribution < -0.4 is 10.2 Å². The molecule has 2 heterocycles. The molecule has 0 radical (unpaired) electrons. The number of nitrogens with one attached hydrogen (secondary N) is 1. The monoisotopic (exact) mass is 339 g/mol. The summed E-state index contributed by atoms with van der Waals surface area (Å²) < 4.78 is 0. The third-order valence-electron chi connectivity index (χ3n) is 4.60. The molecule has 0 bridgehead atoms. The number of rotatable bonds is 4. The second-order valence-corrected chi connectivity index (χ2v) is 6.36. The van der Waals surface area contributed by atoms with E-state index in [9.17, 15) is 4.79 Å². The Morgan fingerprint density at radius 3 is 2.56 bits per heavy atom. The Morgan fingerprint density at radius 2 is 1.88 bits per heavy atom. The predicted octanol–water partition coefficient (Wildman–Crippen LogP) is 2.77. The highest BCUT2D eigenvalue weighted by molar-refractivity contribution is 5.75. The molecule has 1 aliphatic rings. The van der Waals surface area contributed by atoms with Crippen molar-refractivity contribution in [3.63, 3.8) is 0 Å². The lowest BCUT2D eigenvalue weighted by atomic mass is 10.1. The molecule has 25 heavy (non-hydrogen) atoms. The lowest BCUT2D eigenvalue weighted by Crippen LogP contribution is -2.53. The average Bonchev–Trinajstić information content (AvgIpc) is 2.68. The number of benzene rings is 1. The van der Waals surface area contributed by atoms with Crippen LogP contribution >= 0.6 is 0 Å². The predicted molar refractivity (Wildman–Crippen MR) is 99.5 cm³/mol. The molecule has 2 aromatic rings. The maximum atomic E-state index is 12.2. The minimum absolute atomic E-state index is 0.0293. The van der Waals surface area contributed by atoms with E-state index < -0.39 is 0 Å². The quantitative estimate of drug-likeness (QED) is 0.930. The molecule has 0 unspecified atom stereocenters. The molecule has 0 aliphatic carbocycles. The number of carbonyl (C=O) groups is 1. The first kappa shape index (κ1) is 17.2. The van der Waals surface area contributed by atoms with Gasteiger partial charge in [0.1, 0.15) is 12.1 Å². The van der Waals surface area contributed by atoms with E-state index >= 15 is 0 Å². The van der Waals surface area contributed by atoms with Crippen LogP contribution in [-0.2, 0) is 0 Å². The van der Waals surface area contributed by atoms with E-state index in [2.05, 4.69) is 27.1 Å². The minimum Gasteiger partial charge on any atom is -0.353 e. The van der Waals surface area contributed by atoms with E-state index in [1.807, 2.05) is 48.2 Å². The van der Waals surface area contributed by atoms with Gasteiger partial charge in [-0.05, 0) is 13.3 Å². The van der Waals surface area contributed by atoms with E-state index in [4.69, 9.17) is 0 Å². The Morgan fingerprint density at radius 1 is 1.16 bits per heavy atom. The van der Waals surface area contributed by atoms with Gasteiger partial charge in [0, 0.05) is 43.9 Å². The van der Waals surface area contributed by atoms with Crippen LogP contribution in [0.15, 0.2) is 42.7 Å². The molecule has 1 atom stereocenters. The topological polar surface area (TPSA) is 61.4 Å². The van der Waals surface area contributed by atoms with E-state index in [0.717, 1.165) is 36.6 Å². The highest BCUT2D eigenvalue weighted by Crippen LogP contribution is 2.21. The zero-order valence-electron chi connectivity index (χ0n) is 14.9. The molecular weight excluding hydrogens is 314 g/mol. The van der Waals surface area contributed by atoms with E-state index in [1.54, 1.807) is 6.33 Å². The standard InChI is InChI=1S/C19H25N5O/c1-3-15(2)22-19(25)24-11-9-23(10-12-24)18-13-17(20-14-21-18)16-7-5-4-6-8-16/h4-8,13-15H,3,9-12H2,1-2H3,(H,22,25)/t15-/m0/s1. The van der Waals surface area contributed by atoms with Gasteiger partial charge < -0.3 is 15.1 Å². The van der Waals surface area contributed by atoms with Crippen LogP contribution in [0.4, 0.5) is 10.6 Å². The van der Waals surface area contributed by atoms with Gasteiger partial charge in [0.25, 0.3) is 0 Å². The normalized spacial score (nSPS) is 15.8. The molecule has 1 N–H and O–H groups in total. The first-order valence-electron chi connectivity index (χ1n) is 8.85. The summed E-state index contributed by atoms with van der Waals surface area (Å²) in [5, 5.41) is 3.03. The Labute approximate surface area is 148 Å². The Balaban J connectivity index is 1.63. The number of anilines is 1. The molecule has 132 valence electrons. The number of nitrogens with zero attached hydrogens (tertiary/aromatic N) is 4. The minimum atomic E-state index is 0.0293. The third kappa shape index (κ3) is 4.26. The van der Waals surface area contributed by atoms with Crippen molar-refractivity contribution in [1.82, 2.24) is 20.2 Å². The maximum Gasteiger partial charge on any atom is 0.317 e. The van der Waals surface area contributed by atoms with Gasteiger partial charge in [-0.15, -0.1) is 0 Å². The first-order valence-corrected chi connectivity index (χ1v) is 8.85. The van der Waals surface area contributed by atoms with Gasteiger partial charge in [-0.1, -0.05) is 37.3 Å². The highest BCUT2D eigenvalue weighted by atomic mass is 16.2. The zero-order valence-corrected chi connectivity index (χ0v) is 14.9. The van der Waals surface area contributed by atoms with Gasteiger partial charge in [0.2, 0.25) is 0 Å². The molecule has 0 spiro atoms. The van der Waals surface area contributed by atoms with Crippen molar-refractivity contribution in [1.29, 1.82) is 0 Å². The van der Waals surface area contributed by atoms with Gasteiger partial charge in [-0.25, -0.2) is 14.8 Å². The van der Waals surface area contributed by atoms with E-state index in [1.165, 1.54) is 0 Å². The fourth-order valence-corrected chi connectivity index (χ4v) is 2.83. The Kier molecular flexibility index (Phi) is 5.48. The van der Waals surface area contributed by atoms with Crippen LogP contribution in [0.2, 0.25) is 0 Å². The molecule has 1 aromatic heterocycles. The molecule has 1 saturated heterocycles. The van der Waals surface area contributed by atoms with Crippen molar-refractivity contribution in [2.75, 3.05) is 31.1 Å². The van der Waals surface area contributed by atoms with Gasteiger partial charge in [0.15, 0.2) is 0 Å². The van der Waals surface area contributed by atoms with Crippen molar-refractivity contribution in [2.45, 2.75) is 26.3 Å². The number of urea groups is 1. The summed E-state index contributed by atoms with van der Waals surface area (Å²) in [4.78, 5) is 25.1. The fourth-order valence-electron chi connectivity index (χ4n) is 2.83. The van der Waals surface area contributed by atoms with Gasteiger partial charge in [-0.3, -0.25) is 0 Å². The Hall–Kier alpha value is -2.63. The molecular formula is C19H25N5O. The lowest BCUT2D eigenvalue weighted by molar-refractivity contribution is 0.190. The molecule has 2 amide bonds. The SMILES string of the molecule is CC[C@H](C)NC(=O)N1CCN(c2cc(-c3ccccc3)ncn2)CC1. The summed E-state index contributed by atoms with van der Waals surface area (Å²) >= 11 is 0. The highest BCUT2D eigenvalue weighted by Gasteiger charge is 2.22. The summed E-state index contributed by atoms with van der Waals surface area (Å²) in [6, 6.07) is 12.4. The Bertz CT molecular complexity index is 698. The molecule has 1 aliphatic heterocycles. The fraction of sp³-hybridized carbons (Fsp3) is 0.421. The summed E-state index contributed by atoms with van der Waals surface area (Å²) in [7, 11) is 0. The summed E-state index contributed by atoms with van der Waals surface area (Å²) in [6.45, 7) is 7.06. The molecule has 6 nitrogen and oxygen atoms in total.